The molecule has 4 unspecified atom stereocenters. The summed E-state index contributed by atoms with van der Waals surface area (Å²) in [6.07, 6.45) is 31.6. The summed E-state index contributed by atoms with van der Waals surface area (Å²) in [5.74, 6) is 5.83. The number of ether oxygens (including phenoxy) is 2. The van der Waals surface area contributed by atoms with Gasteiger partial charge in [0.05, 0.1) is 13.2 Å². The first-order valence-corrected chi connectivity index (χ1v) is 27.8. The molecule has 2 heteroatoms. The third-order valence-corrected chi connectivity index (χ3v) is 15.7. The van der Waals surface area contributed by atoms with Crippen molar-refractivity contribution < 1.29 is 9.47 Å². The van der Waals surface area contributed by atoms with Crippen molar-refractivity contribution in [3.8, 4) is 22.6 Å². The van der Waals surface area contributed by atoms with Crippen molar-refractivity contribution in [1.82, 2.24) is 0 Å². The average Bonchev–Trinajstić information content (AvgIpc) is 3.58. The highest BCUT2D eigenvalue weighted by Crippen LogP contribution is 2.55. The van der Waals surface area contributed by atoms with E-state index in [9.17, 15) is 0 Å². The van der Waals surface area contributed by atoms with Crippen molar-refractivity contribution in [2.45, 2.75) is 204 Å². The minimum Gasteiger partial charge on any atom is -0.489 e. The van der Waals surface area contributed by atoms with Crippen LogP contribution in [0.15, 0.2) is 66.7 Å². The molecule has 67 heavy (non-hydrogen) atoms. The Labute approximate surface area is 412 Å². The van der Waals surface area contributed by atoms with Crippen molar-refractivity contribution in [3.05, 3.63) is 100 Å². The number of hydrogen-bond donors (Lipinski definition) is 0. The fraction of sp³-hybridized carbons (Fsp3) is 0.600. The van der Waals surface area contributed by atoms with Gasteiger partial charge in [0, 0.05) is 16.5 Å². The SMILES string of the molecule is C/C=C/c1ccc2c(c1)C(CCC(C)CCCC(C)C)(CCC(C)CCCC(C)C)c1cc(/C=C/c3c(OCC(CC)CCCC)c(OCC(CC)CCCC)c(C)c4ccccc34)ccc1-2. The lowest BCUT2D eigenvalue weighted by molar-refractivity contribution is 0.198. The highest BCUT2D eigenvalue weighted by Gasteiger charge is 2.43. The molecule has 1 aliphatic carbocycles. The quantitative estimate of drug-likeness (QED) is 0.0469. The summed E-state index contributed by atoms with van der Waals surface area (Å²) in [5.41, 5.74) is 10.9. The Morgan fingerprint density at radius 3 is 1.49 bits per heavy atom. The maximum Gasteiger partial charge on any atom is 0.169 e. The van der Waals surface area contributed by atoms with Crippen LogP contribution in [0, 0.1) is 42.4 Å². The third kappa shape index (κ3) is 14.9. The Morgan fingerprint density at radius 1 is 0.522 bits per heavy atom. The van der Waals surface area contributed by atoms with Crippen LogP contribution in [-0.4, -0.2) is 13.2 Å². The molecule has 0 N–H and O–H groups in total. The van der Waals surface area contributed by atoms with Gasteiger partial charge < -0.3 is 9.47 Å². The number of hydrogen-bond acceptors (Lipinski definition) is 2. The van der Waals surface area contributed by atoms with Crippen LogP contribution < -0.4 is 9.47 Å². The van der Waals surface area contributed by atoms with E-state index in [1.807, 2.05) is 0 Å². The molecule has 4 atom stereocenters. The van der Waals surface area contributed by atoms with Crippen LogP contribution in [0.25, 0.3) is 40.1 Å². The second-order valence-corrected chi connectivity index (χ2v) is 22.2. The van der Waals surface area contributed by atoms with E-state index in [0.717, 1.165) is 48.3 Å². The maximum atomic E-state index is 7.13. The van der Waals surface area contributed by atoms with Crippen LogP contribution in [0.2, 0.25) is 0 Å². The van der Waals surface area contributed by atoms with E-state index in [4.69, 9.17) is 9.47 Å². The Bertz CT molecular complexity index is 2120. The molecule has 0 fully saturated rings. The molecule has 0 amide bonds. The molecule has 0 saturated carbocycles. The molecule has 368 valence electrons. The summed E-state index contributed by atoms with van der Waals surface area (Å²) in [7, 11) is 0. The number of rotatable bonds is 31. The molecule has 5 rings (SSSR count). The molecular weight excluding hydrogens is 813 g/mol. The van der Waals surface area contributed by atoms with Crippen molar-refractivity contribution in [3.63, 3.8) is 0 Å². The van der Waals surface area contributed by atoms with Gasteiger partial charge in [0.2, 0.25) is 0 Å². The molecule has 1 aliphatic rings. The number of unbranched alkanes of at least 4 members (excludes halogenated alkanes) is 2. The van der Waals surface area contributed by atoms with E-state index in [-0.39, 0.29) is 5.41 Å². The van der Waals surface area contributed by atoms with Gasteiger partial charge in [-0.05, 0) is 138 Å². The zero-order chi connectivity index (χ0) is 48.3. The lowest BCUT2D eigenvalue weighted by atomic mass is 9.68. The molecule has 0 radical (unpaired) electrons. The summed E-state index contributed by atoms with van der Waals surface area (Å²) in [6.45, 7) is 29.6. The van der Waals surface area contributed by atoms with Gasteiger partial charge in [-0.1, -0.05) is 225 Å². The molecule has 0 heterocycles. The molecule has 0 aromatic heterocycles. The molecule has 0 saturated heterocycles. The van der Waals surface area contributed by atoms with Crippen LogP contribution in [0.1, 0.15) is 225 Å². The van der Waals surface area contributed by atoms with Crippen LogP contribution in [0.4, 0.5) is 0 Å². The minimum absolute atomic E-state index is 0.0300. The Kier molecular flexibility index (Phi) is 22.2. The predicted molar refractivity (Wildman–Crippen MR) is 297 cm³/mol. The summed E-state index contributed by atoms with van der Waals surface area (Å²) < 4.78 is 14.1. The molecule has 4 aromatic carbocycles. The van der Waals surface area contributed by atoms with E-state index in [1.54, 1.807) is 11.1 Å². The fourth-order valence-corrected chi connectivity index (χ4v) is 11.1. The zero-order valence-corrected chi connectivity index (χ0v) is 45.0. The first-order valence-electron chi connectivity index (χ1n) is 27.8. The van der Waals surface area contributed by atoms with E-state index < -0.39 is 0 Å². The smallest absolute Gasteiger partial charge is 0.169 e. The second kappa shape index (κ2) is 27.4. The van der Waals surface area contributed by atoms with Crippen molar-refractivity contribution in [2.75, 3.05) is 13.2 Å². The highest BCUT2D eigenvalue weighted by molar-refractivity contribution is 5.99. The van der Waals surface area contributed by atoms with Gasteiger partial charge in [-0.25, -0.2) is 0 Å². The van der Waals surface area contributed by atoms with Gasteiger partial charge in [0.25, 0.3) is 0 Å². The molecular formula is C65H96O2. The molecule has 0 aliphatic heterocycles. The molecule has 4 aromatic rings. The number of benzene rings is 4. The van der Waals surface area contributed by atoms with Gasteiger partial charge >= 0.3 is 0 Å². The first kappa shape index (κ1) is 54.2. The molecule has 0 spiro atoms. The predicted octanol–water partition coefficient (Wildman–Crippen LogP) is 20.3. The molecule has 0 bridgehead atoms. The summed E-state index contributed by atoms with van der Waals surface area (Å²) >= 11 is 0. The van der Waals surface area contributed by atoms with Crippen molar-refractivity contribution in [2.24, 2.45) is 35.5 Å². The van der Waals surface area contributed by atoms with Gasteiger partial charge in [-0.3, -0.25) is 0 Å². The highest BCUT2D eigenvalue weighted by atomic mass is 16.5. The minimum atomic E-state index is -0.0300. The van der Waals surface area contributed by atoms with Gasteiger partial charge in [0.15, 0.2) is 11.5 Å². The first-order chi connectivity index (χ1) is 32.4. The summed E-state index contributed by atoms with van der Waals surface area (Å²) in [4.78, 5) is 0. The Balaban J connectivity index is 1.64. The Hall–Kier alpha value is -3.78. The van der Waals surface area contributed by atoms with Crippen LogP contribution in [-0.2, 0) is 5.41 Å². The monoisotopic (exact) mass is 909 g/mol. The van der Waals surface area contributed by atoms with Gasteiger partial charge in [0.1, 0.15) is 0 Å². The zero-order valence-electron chi connectivity index (χ0n) is 45.0. The van der Waals surface area contributed by atoms with Gasteiger partial charge in [-0.2, -0.15) is 0 Å². The summed E-state index contributed by atoms with van der Waals surface area (Å²) in [5, 5.41) is 2.48. The molecule has 2 nitrogen and oxygen atoms in total. The van der Waals surface area contributed by atoms with Crippen molar-refractivity contribution in [1.29, 1.82) is 0 Å². The van der Waals surface area contributed by atoms with Crippen LogP contribution in [0.3, 0.4) is 0 Å². The van der Waals surface area contributed by atoms with E-state index in [1.165, 1.54) is 141 Å². The number of aryl methyl sites for hydroxylation is 1. The van der Waals surface area contributed by atoms with E-state index in [2.05, 4.69) is 168 Å². The van der Waals surface area contributed by atoms with Crippen molar-refractivity contribution >= 4 is 29.0 Å². The standard InChI is InChI=1S/C65H96O2/c1-13-18-29-52(16-4)45-66-63-51(12)56-31-20-21-32-57(56)60(64(63)67-46-53(17-5)30-19-14-2)38-35-55-34-37-59-58-36-33-54(24-15-3)43-61(58)65(62(59)44-55,41-39-49(10)27-22-25-47(6)7)42-40-50(11)28-23-26-48(8)9/h15,20-21,24,31-38,43-44,47-50,52-53H,13-14,16-19,22-23,25-30,39-42,45-46H2,1-12H3/b24-15+,38-35+. The topological polar surface area (TPSA) is 18.5 Å². The second-order valence-electron chi connectivity index (χ2n) is 22.2. The van der Waals surface area contributed by atoms with Crippen LogP contribution in [0.5, 0.6) is 11.5 Å². The number of fused-ring (bicyclic) bond motifs is 4. The van der Waals surface area contributed by atoms with E-state index >= 15 is 0 Å². The largest absolute Gasteiger partial charge is 0.489 e. The van der Waals surface area contributed by atoms with Gasteiger partial charge in [-0.15, -0.1) is 0 Å². The Morgan fingerprint density at radius 2 is 1.01 bits per heavy atom. The van der Waals surface area contributed by atoms with Crippen LogP contribution >= 0.6 is 0 Å². The number of allylic oxidation sites excluding steroid dienone is 1. The lowest BCUT2D eigenvalue weighted by Gasteiger charge is -2.35. The normalized spacial score (nSPS) is 16.6. The van der Waals surface area contributed by atoms with E-state index in [0.29, 0.717) is 30.3 Å². The lowest BCUT2D eigenvalue weighted by Crippen LogP contribution is -2.27. The summed E-state index contributed by atoms with van der Waals surface area (Å²) in [6, 6.07) is 23.7. The fourth-order valence-electron chi connectivity index (χ4n) is 11.1. The maximum absolute atomic E-state index is 7.13. The third-order valence-electron chi connectivity index (χ3n) is 15.7. The average molecular weight is 909 g/mol.